The van der Waals surface area contributed by atoms with Gasteiger partial charge in [-0.25, -0.2) is 0 Å². The second-order valence-electron chi connectivity index (χ2n) is 3.05. The molecule has 0 heterocycles. The average Bonchev–Trinajstić information content (AvgIpc) is 2.38. The molecule has 56 valence electrons. The summed E-state index contributed by atoms with van der Waals surface area (Å²) < 4.78 is 0. The molecule has 0 saturated heterocycles. The summed E-state index contributed by atoms with van der Waals surface area (Å²) in [5, 5.41) is 8.28. The maximum absolute atomic E-state index is 10.6. The molecule has 3 nitrogen and oxygen atoms in total. The van der Waals surface area contributed by atoms with Crippen LogP contribution in [0.3, 0.4) is 0 Å². The first-order valence-electron chi connectivity index (χ1n) is 3.30. The minimum atomic E-state index is -0.819. The molecule has 0 aromatic heterocycles. The van der Waals surface area contributed by atoms with Crippen LogP contribution in [0.15, 0.2) is 0 Å². The molecule has 0 spiro atoms. The van der Waals surface area contributed by atoms with Gasteiger partial charge in [0.2, 0.25) is 0 Å². The third kappa shape index (κ3) is 1.35. The van der Waals surface area contributed by atoms with Gasteiger partial charge in [0.15, 0.2) is 0 Å². The topological polar surface area (TPSA) is 54.4 Å². The predicted octanol–water partition coefficient (Wildman–Crippen LogP) is 0.830. The lowest BCUT2D eigenvalue weighted by atomic mass is 10.0. The van der Waals surface area contributed by atoms with Gasteiger partial charge in [-0.2, -0.15) is 0 Å². The zero-order chi connectivity index (χ0) is 7.78. The summed E-state index contributed by atoms with van der Waals surface area (Å²) in [5.41, 5.74) is -0.279. The van der Waals surface area contributed by atoms with Crippen LogP contribution < -0.4 is 0 Å². The Balaban J connectivity index is 2.27. The first-order valence-corrected chi connectivity index (χ1v) is 3.30. The number of hydrogen-bond donors (Lipinski definition) is 1. The van der Waals surface area contributed by atoms with Crippen molar-refractivity contribution >= 4 is 11.8 Å². The van der Waals surface area contributed by atoms with E-state index < -0.39 is 5.97 Å². The van der Waals surface area contributed by atoms with Crippen LogP contribution in [0, 0.1) is 5.41 Å². The Labute approximate surface area is 59.0 Å². The van der Waals surface area contributed by atoms with Gasteiger partial charge in [-0.3, -0.25) is 9.59 Å². The fraction of sp³-hybridized carbons (Fsp3) is 0.714. The van der Waals surface area contributed by atoms with Crippen LogP contribution >= 0.6 is 0 Å². The Morgan fingerprint density at radius 3 is 2.60 bits per heavy atom. The SMILES string of the molecule is CC1(CCC(=O)O)CC1=O. The van der Waals surface area contributed by atoms with Gasteiger partial charge in [-0.15, -0.1) is 0 Å². The van der Waals surface area contributed by atoms with Gasteiger partial charge >= 0.3 is 5.97 Å². The van der Waals surface area contributed by atoms with Crippen molar-refractivity contribution in [2.45, 2.75) is 26.2 Å². The third-order valence-corrected chi connectivity index (χ3v) is 1.99. The Hall–Kier alpha value is -0.860. The highest BCUT2D eigenvalue weighted by Crippen LogP contribution is 2.44. The molecule has 1 aliphatic rings. The van der Waals surface area contributed by atoms with E-state index in [0.717, 1.165) is 0 Å². The largest absolute Gasteiger partial charge is 0.481 e. The average molecular weight is 142 g/mol. The number of carboxylic acid groups (broad SMARTS) is 1. The molecule has 0 bridgehead atoms. The Kier molecular flexibility index (Phi) is 1.50. The first-order chi connectivity index (χ1) is 4.54. The molecular weight excluding hydrogens is 132 g/mol. The van der Waals surface area contributed by atoms with Crippen molar-refractivity contribution in [1.29, 1.82) is 0 Å². The molecule has 1 aliphatic carbocycles. The standard InChI is InChI=1S/C7H10O3/c1-7(4-5(7)8)3-2-6(9)10/h2-4H2,1H3,(H,9,10). The number of carbonyl (C=O) groups is 2. The van der Waals surface area contributed by atoms with E-state index in [1.807, 2.05) is 6.92 Å². The van der Waals surface area contributed by atoms with E-state index >= 15 is 0 Å². The lowest BCUT2D eigenvalue weighted by molar-refractivity contribution is -0.137. The Morgan fingerprint density at radius 1 is 1.80 bits per heavy atom. The molecule has 3 heteroatoms. The van der Waals surface area contributed by atoms with Crippen molar-refractivity contribution in [1.82, 2.24) is 0 Å². The number of aliphatic carboxylic acids is 1. The second-order valence-corrected chi connectivity index (χ2v) is 3.05. The van der Waals surface area contributed by atoms with Gasteiger partial charge in [0.05, 0.1) is 0 Å². The molecule has 0 aliphatic heterocycles. The van der Waals surface area contributed by atoms with Crippen LogP contribution in [0.25, 0.3) is 0 Å². The van der Waals surface area contributed by atoms with E-state index in [2.05, 4.69) is 0 Å². The van der Waals surface area contributed by atoms with Gasteiger partial charge in [0.25, 0.3) is 0 Å². The fourth-order valence-electron chi connectivity index (χ4n) is 0.921. The van der Waals surface area contributed by atoms with E-state index in [1.165, 1.54) is 0 Å². The number of carbonyl (C=O) groups excluding carboxylic acids is 1. The van der Waals surface area contributed by atoms with Gasteiger partial charge in [0.1, 0.15) is 5.78 Å². The first kappa shape index (κ1) is 7.25. The molecule has 1 N–H and O–H groups in total. The molecule has 1 atom stereocenters. The van der Waals surface area contributed by atoms with Crippen molar-refractivity contribution in [2.24, 2.45) is 5.41 Å². The van der Waals surface area contributed by atoms with E-state index in [0.29, 0.717) is 12.8 Å². The van der Waals surface area contributed by atoms with Gasteiger partial charge in [-0.05, 0) is 6.42 Å². The number of carboxylic acids is 1. The van der Waals surface area contributed by atoms with E-state index in [9.17, 15) is 9.59 Å². The minimum Gasteiger partial charge on any atom is -0.481 e. The lowest BCUT2D eigenvalue weighted by Gasteiger charge is -2.00. The number of rotatable bonds is 3. The molecule has 10 heavy (non-hydrogen) atoms. The van der Waals surface area contributed by atoms with Crippen LogP contribution in [0.1, 0.15) is 26.2 Å². The number of Topliss-reactive ketones (excluding diaryl/α,β-unsaturated/α-hetero) is 1. The highest BCUT2D eigenvalue weighted by atomic mass is 16.4. The van der Waals surface area contributed by atoms with E-state index in [4.69, 9.17) is 5.11 Å². The smallest absolute Gasteiger partial charge is 0.303 e. The van der Waals surface area contributed by atoms with Crippen LogP contribution in [-0.4, -0.2) is 16.9 Å². The number of hydrogen-bond acceptors (Lipinski definition) is 2. The second kappa shape index (κ2) is 2.08. The predicted molar refractivity (Wildman–Crippen MR) is 34.6 cm³/mol. The highest BCUT2D eigenvalue weighted by Gasteiger charge is 2.48. The highest BCUT2D eigenvalue weighted by molar-refractivity contribution is 6.00. The maximum atomic E-state index is 10.6. The number of ketones is 1. The van der Waals surface area contributed by atoms with E-state index in [-0.39, 0.29) is 17.6 Å². The molecular formula is C7H10O3. The summed E-state index contributed by atoms with van der Waals surface area (Å²) >= 11 is 0. The summed E-state index contributed by atoms with van der Waals surface area (Å²) in [4.78, 5) is 20.7. The summed E-state index contributed by atoms with van der Waals surface area (Å²) in [6.07, 6.45) is 1.18. The zero-order valence-electron chi connectivity index (χ0n) is 5.89. The molecule has 1 unspecified atom stereocenters. The van der Waals surface area contributed by atoms with Crippen LogP contribution in [0.4, 0.5) is 0 Å². The van der Waals surface area contributed by atoms with Gasteiger partial charge in [-0.1, -0.05) is 6.92 Å². The monoisotopic (exact) mass is 142 g/mol. The van der Waals surface area contributed by atoms with Crippen molar-refractivity contribution in [3.63, 3.8) is 0 Å². The lowest BCUT2D eigenvalue weighted by Crippen LogP contribution is -2.02. The molecule has 0 radical (unpaired) electrons. The normalized spacial score (nSPS) is 30.3. The van der Waals surface area contributed by atoms with Crippen LogP contribution in [-0.2, 0) is 9.59 Å². The summed E-state index contributed by atoms with van der Waals surface area (Å²) in [6, 6.07) is 0. The van der Waals surface area contributed by atoms with E-state index in [1.54, 1.807) is 0 Å². The fourth-order valence-corrected chi connectivity index (χ4v) is 0.921. The van der Waals surface area contributed by atoms with Crippen molar-refractivity contribution in [3.8, 4) is 0 Å². The van der Waals surface area contributed by atoms with Gasteiger partial charge < -0.3 is 5.11 Å². The van der Waals surface area contributed by atoms with Crippen molar-refractivity contribution in [2.75, 3.05) is 0 Å². The maximum Gasteiger partial charge on any atom is 0.303 e. The zero-order valence-corrected chi connectivity index (χ0v) is 5.89. The Morgan fingerprint density at radius 2 is 2.30 bits per heavy atom. The molecule has 0 amide bonds. The van der Waals surface area contributed by atoms with Crippen molar-refractivity contribution in [3.05, 3.63) is 0 Å². The Bertz CT molecular complexity index is 185. The molecule has 1 rings (SSSR count). The quantitative estimate of drug-likeness (QED) is 0.635. The van der Waals surface area contributed by atoms with Crippen molar-refractivity contribution < 1.29 is 14.7 Å². The summed E-state index contributed by atoms with van der Waals surface area (Å²) in [5.74, 6) is -0.616. The summed E-state index contributed by atoms with van der Waals surface area (Å²) in [6.45, 7) is 1.82. The van der Waals surface area contributed by atoms with Crippen LogP contribution in [0.5, 0.6) is 0 Å². The molecule has 0 aromatic rings. The van der Waals surface area contributed by atoms with Gasteiger partial charge in [0, 0.05) is 18.3 Å². The molecule has 1 saturated carbocycles. The third-order valence-electron chi connectivity index (χ3n) is 1.99. The van der Waals surface area contributed by atoms with Crippen LogP contribution in [0.2, 0.25) is 0 Å². The molecule has 1 fully saturated rings. The summed E-state index contributed by atoms with van der Waals surface area (Å²) in [7, 11) is 0. The minimum absolute atomic E-state index is 0.113. The molecule has 0 aromatic carbocycles.